The van der Waals surface area contributed by atoms with Gasteiger partial charge in [-0.15, -0.1) is 16.8 Å². The minimum atomic E-state index is 0. The average molecular weight is 195 g/mol. The maximum Gasteiger partial charge on any atom is 0.249 e. The van der Waals surface area contributed by atoms with Crippen molar-refractivity contribution in [2.75, 3.05) is 7.11 Å². The topological polar surface area (TPSA) is 35.0 Å². The van der Waals surface area contributed by atoms with Crippen LogP contribution >= 0.6 is 24.1 Å². The Labute approximate surface area is 76.5 Å². The van der Waals surface area contributed by atoms with E-state index in [9.17, 15) is 0 Å². The highest BCUT2D eigenvalue weighted by atomic mass is 35.5. The maximum absolute atomic E-state index is 4.98. The number of hydrogen-bond acceptors (Lipinski definition) is 4. The van der Waals surface area contributed by atoms with Crippen molar-refractivity contribution in [3.05, 3.63) is 5.69 Å². The van der Waals surface area contributed by atoms with Crippen molar-refractivity contribution in [3.8, 4) is 5.88 Å². The molecule has 0 aromatic carbocycles. The zero-order valence-corrected chi connectivity index (χ0v) is 8.33. The van der Waals surface area contributed by atoms with Crippen molar-refractivity contribution in [1.82, 2.24) is 8.75 Å². The summed E-state index contributed by atoms with van der Waals surface area (Å²) in [5.74, 6) is 1.06. The zero-order chi connectivity index (χ0) is 7.56. The summed E-state index contributed by atoms with van der Waals surface area (Å²) >= 11 is 1.19. The molecule has 0 fully saturated rings. The van der Waals surface area contributed by atoms with Crippen molar-refractivity contribution in [1.29, 1.82) is 0 Å². The Morgan fingerprint density at radius 1 is 1.36 bits per heavy atom. The molecule has 0 aliphatic carbocycles. The van der Waals surface area contributed by atoms with Gasteiger partial charge in [-0.05, 0) is 0 Å². The van der Waals surface area contributed by atoms with E-state index in [1.54, 1.807) is 7.11 Å². The first-order valence-electron chi connectivity index (χ1n) is 3.12. The van der Waals surface area contributed by atoms with Crippen LogP contribution in [-0.4, -0.2) is 15.9 Å². The zero-order valence-electron chi connectivity index (χ0n) is 6.70. The molecule has 0 amide bonds. The van der Waals surface area contributed by atoms with Crippen LogP contribution in [0.2, 0.25) is 0 Å². The summed E-state index contributed by atoms with van der Waals surface area (Å²) in [6.45, 7) is 4.14. The molecule has 0 N–H and O–H groups in total. The van der Waals surface area contributed by atoms with Crippen molar-refractivity contribution in [3.63, 3.8) is 0 Å². The molecule has 1 heterocycles. The summed E-state index contributed by atoms with van der Waals surface area (Å²) in [6.07, 6.45) is 0. The molecule has 0 saturated heterocycles. The molecule has 0 radical (unpaired) electrons. The van der Waals surface area contributed by atoms with E-state index in [4.69, 9.17) is 4.74 Å². The van der Waals surface area contributed by atoms with Crippen LogP contribution in [0.1, 0.15) is 25.5 Å². The molecule has 0 unspecified atom stereocenters. The van der Waals surface area contributed by atoms with E-state index >= 15 is 0 Å². The van der Waals surface area contributed by atoms with E-state index < -0.39 is 0 Å². The van der Waals surface area contributed by atoms with Gasteiger partial charge >= 0.3 is 0 Å². The minimum absolute atomic E-state index is 0. The Morgan fingerprint density at radius 3 is 2.36 bits per heavy atom. The van der Waals surface area contributed by atoms with Crippen LogP contribution in [-0.2, 0) is 0 Å². The monoisotopic (exact) mass is 194 g/mol. The quantitative estimate of drug-likeness (QED) is 0.723. The highest BCUT2D eigenvalue weighted by Crippen LogP contribution is 2.22. The van der Waals surface area contributed by atoms with Gasteiger partial charge in [0.1, 0.15) is 5.69 Å². The Kier molecular flexibility index (Phi) is 4.37. The lowest BCUT2D eigenvalue weighted by Gasteiger charge is -2.00. The molecule has 0 saturated carbocycles. The van der Waals surface area contributed by atoms with E-state index in [0.717, 1.165) is 5.69 Å². The Balaban J connectivity index is 0.000001000. The van der Waals surface area contributed by atoms with Crippen LogP contribution < -0.4 is 4.74 Å². The van der Waals surface area contributed by atoms with Gasteiger partial charge in [0.05, 0.1) is 18.8 Å². The molecule has 1 aromatic heterocycles. The second-order valence-electron chi connectivity index (χ2n) is 2.31. The fourth-order valence-corrected chi connectivity index (χ4v) is 1.34. The Bertz CT molecular complexity index is 214. The summed E-state index contributed by atoms with van der Waals surface area (Å²) in [7, 11) is 1.61. The molecule has 1 aromatic rings. The number of methoxy groups -OCH3 is 1. The molecular weight excluding hydrogens is 184 g/mol. The van der Waals surface area contributed by atoms with Crippen LogP contribution in [0.25, 0.3) is 0 Å². The van der Waals surface area contributed by atoms with E-state index in [1.165, 1.54) is 11.7 Å². The highest BCUT2D eigenvalue weighted by molar-refractivity contribution is 6.99. The average Bonchev–Trinajstić information content (AvgIpc) is 2.33. The van der Waals surface area contributed by atoms with Gasteiger partial charge in [0, 0.05) is 5.92 Å². The molecule has 64 valence electrons. The predicted molar refractivity (Wildman–Crippen MR) is 47.8 cm³/mol. The van der Waals surface area contributed by atoms with Crippen LogP contribution in [0, 0.1) is 0 Å². The van der Waals surface area contributed by atoms with Crippen molar-refractivity contribution >= 4 is 24.1 Å². The lowest BCUT2D eigenvalue weighted by molar-refractivity contribution is 0.394. The van der Waals surface area contributed by atoms with E-state index in [-0.39, 0.29) is 12.4 Å². The van der Waals surface area contributed by atoms with Crippen molar-refractivity contribution in [2.45, 2.75) is 19.8 Å². The van der Waals surface area contributed by atoms with Gasteiger partial charge in [-0.25, -0.2) is 0 Å². The van der Waals surface area contributed by atoms with E-state index in [0.29, 0.717) is 11.8 Å². The number of halogens is 1. The lowest BCUT2D eigenvalue weighted by atomic mass is 10.1. The maximum atomic E-state index is 4.98. The Hall–Kier alpha value is -0.350. The summed E-state index contributed by atoms with van der Waals surface area (Å²) in [4.78, 5) is 0. The van der Waals surface area contributed by atoms with Crippen molar-refractivity contribution in [2.24, 2.45) is 0 Å². The van der Waals surface area contributed by atoms with Gasteiger partial charge in [0.15, 0.2) is 0 Å². The van der Waals surface area contributed by atoms with Crippen LogP contribution in [0.5, 0.6) is 5.88 Å². The third kappa shape index (κ3) is 2.31. The van der Waals surface area contributed by atoms with Gasteiger partial charge in [-0.1, -0.05) is 13.8 Å². The predicted octanol–water partition coefficient (Wildman–Crippen LogP) is 2.09. The fourth-order valence-electron chi connectivity index (χ4n) is 0.681. The molecular formula is C6H11ClN2OS. The fraction of sp³-hybridized carbons (Fsp3) is 0.667. The van der Waals surface area contributed by atoms with Gasteiger partial charge in [-0.2, -0.15) is 4.37 Å². The third-order valence-corrected chi connectivity index (χ3v) is 1.75. The minimum Gasteiger partial charge on any atom is -0.479 e. The number of aromatic nitrogens is 2. The van der Waals surface area contributed by atoms with Crippen LogP contribution in [0.4, 0.5) is 0 Å². The van der Waals surface area contributed by atoms with Crippen LogP contribution in [0.15, 0.2) is 0 Å². The normalized spacial score (nSPS) is 9.45. The molecule has 0 spiro atoms. The number of ether oxygens (including phenoxy) is 1. The number of hydrogen-bond donors (Lipinski definition) is 0. The van der Waals surface area contributed by atoms with E-state index in [2.05, 4.69) is 22.6 Å². The molecule has 0 atom stereocenters. The largest absolute Gasteiger partial charge is 0.479 e. The van der Waals surface area contributed by atoms with Gasteiger partial charge in [-0.3, -0.25) is 0 Å². The molecule has 5 heteroatoms. The molecule has 1 rings (SSSR count). The van der Waals surface area contributed by atoms with E-state index in [1.807, 2.05) is 0 Å². The second kappa shape index (κ2) is 4.51. The molecule has 0 bridgehead atoms. The summed E-state index contributed by atoms with van der Waals surface area (Å²) in [5, 5.41) is 0. The van der Waals surface area contributed by atoms with Gasteiger partial charge < -0.3 is 4.74 Å². The highest BCUT2D eigenvalue weighted by Gasteiger charge is 2.10. The lowest BCUT2D eigenvalue weighted by Crippen LogP contribution is -1.92. The molecule has 11 heavy (non-hydrogen) atoms. The third-order valence-electron chi connectivity index (χ3n) is 1.22. The van der Waals surface area contributed by atoms with Gasteiger partial charge in [0.25, 0.3) is 0 Å². The summed E-state index contributed by atoms with van der Waals surface area (Å²) in [6, 6.07) is 0. The first kappa shape index (κ1) is 10.7. The van der Waals surface area contributed by atoms with Gasteiger partial charge in [0.2, 0.25) is 5.88 Å². The molecule has 3 nitrogen and oxygen atoms in total. The number of nitrogens with zero attached hydrogens (tertiary/aromatic N) is 2. The number of rotatable bonds is 2. The first-order chi connectivity index (χ1) is 4.75. The standard InChI is InChI=1S/C6H10N2OS.ClH/c1-4(2)5-6(9-3)8-10-7-5;/h4H,1-3H3;1H. The van der Waals surface area contributed by atoms with Crippen molar-refractivity contribution < 1.29 is 4.74 Å². The SMILES string of the molecule is COc1nsnc1C(C)C.Cl. The molecule has 0 aliphatic heterocycles. The van der Waals surface area contributed by atoms with Crippen LogP contribution in [0.3, 0.4) is 0 Å². The Morgan fingerprint density at radius 2 is 2.00 bits per heavy atom. The second-order valence-corrected chi connectivity index (χ2v) is 2.84. The molecule has 0 aliphatic rings. The summed E-state index contributed by atoms with van der Waals surface area (Å²) < 4.78 is 13.0. The summed E-state index contributed by atoms with van der Waals surface area (Å²) in [5.41, 5.74) is 0.951. The first-order valence-corrected chi connectivity index (χ1v) is 3.85. The smallest absolute Gasteiger partial charge is 0.249 e.